The quantitative estimate of drug-likeness (QED) is 0.342. The highest BCUT2D eigenvalue weighted by Gasteiger charge is 2.16. The van der Waals surface area contributed by atoms with Gasteiger partial charge >= 0.3 is 0 Å². The molecule has 0 atom stereocenters. The SMILES string of the molecule is CCCC1=Cc2c(cccc2-c2ccc3cc4ccccc4cc3c2)C1. The monoisotopic (exact) mass is 334 g/mol. The molecule has 0 nitrogen and oxygen atoms in total. The Labute approximate surface area is 154 Å². The van der Waals surface area contributed by atoms with E-state index in [0.717, 1.165) is 6.42 Å². The Morgan fingerprint density at radius 3 is 2.31 bits per heavy atom. The minimum absolute atomic E-state index is 1.12. The molecule has 0 aliphatic heterocycles. The summed E-state index contributed by atoms with van der Waals surface area (Å²) in [4.78, 5) is 0. The molecule has 126 valence electrons. The summed E-state index contributed by atoms with van der Waals surface area (Å²) in [5.74, 6) is 0. The highest BCUT2D eigenvalue weighted by atomic mass is 14.2. The molecule has 0 bridgehead atoms. The molecule has 4 aromatic carbocycles. The Morgan fingerprint density at radius 2 is 1.50 bits per heavy atom. The van der Waals surface area contributed by atoms with Crippen LogP contribution in [0.25, 0.3) is 38.7 Å². The van der Waals surface area contributed by atoms with E-state index >= 15 is 0 Å². The van der Waals surface area contributed by atoms with E-state index in [1.807, 2.05) is 0 Å². The molecule has 1 aliphatic rings. The number of hydrogen-bond acceptors (Lipinski definition) is 0. The molecule has 26 heavy (non-hydrogen) atoms. The maximum Gasteiger partial charge on any atom is -0.00576 e. The zero-order chi connectivity index (χ0) is 17.5. The van der Waals surface area contributed by atoms with Gasteiger partial charge in [0.25, 0.3) is 0 Å². The summed E-state index contributed by atoms with van der Waals surface area (Å²) in [7, 11) is 0. The van der Waals surface area contributed by atoms with Gasteiger partial charge in [-0.1, -0.05) is 79.6 Å². The van der Waals surface area contributed by atoms with Crippen molar-refractivity contribution in [1.82, 2.24) is 0 Å². The first-order chi connectivity index (χ1) is 12.8. The van der Waals surface area contributed by atoms with E-state index in [9.17, 15) is 0 Å². The maximum atomic E-state index is 2.43. The second-order valence-corrected chi connectivity index (χ2v) is 7.37. The van der Waals surface area contributed by atoms with E-state index < -0.39 is 0 Å². The van der Waals surface area contributed by atoms with Gasteiger partial charge in [-0.2, -0.15) is 0 Å². The normalized spacial score (nSPS) is 13.2. The van der Waals surface area contributed by atoms with Crippen LogP contribution in [0.1, 0.15) is 30.9 Å². The molecule has 0 aromatic heterocycles. The van der Waals surface area contributed by atoms with Crippen molar-refractivity contribution in [1.29, 1.82) is 0 Å². The molecule has 0 saturated carbocycles. The van der Waals surface area contributed by atoms with Crippen LogP contribution in [0.2, 0.25) is 0 Å². The Balaban J connectivity index is 1.66. The van der Waals surface area contributed by atoms with E-state index in [2.05, 4.69) is 85.8 Å². The van der Waals surface area contributed by atoms with Crippen molar-refractivity contribution in [2.24, 2.45) is 0 Å². The van der Waals surface area contributed by atoms with Crippen LogP contribution in [-0.4, -0.2) is 0 Å². The summed E-state index contributed by atoms with van der Waals surface area (Å²) in [5, 5.41) is 5.23. The molecular weight excluding hydrogens is 312 g/mol. The van der Waals surface area contributed by atoms with Crippen molar-refractivity contribution >= 4 is 27.6 Å². The van der Waals surface area contributed by atoms with Gasteiger partial charge in [0.15, 0.2) is 0 Å². The Hall–Kier alpha value is -2.86. The number of rotatable bonds is 3. The van der Waals surface area contributed by atoms with Crippen LogP contribution in [0, 0.1) is 0 Å². The maximum absolute atomic E-state index is 2.43. The standard InChI is InChI=1S/C26H22/c1-2-6-18-13-22-9-5-10-25(26(22)14-18)23-12-11-21-15-19-7-3-4-8-20(19)16-24(21)17-23/h3-5,7-12,14-17H,2,6,13H2,1H3. The summed E-state index contributed by atoms with van der Waals surface area (Å²) in [6.07, 6.45) is 5.98. The molecular formula is C26H22. The minimum Gasteiger partial charge on any atom is -0.0652 e. The molecule has 0 heteroatoms. The third-order valence-electron chi connectivity index (χ3n) is 5.55. The second-order valence-electron chi connectivity index (χ2n) is 7.37. The Bertz CT molecular complexity index is 1160. The lowest BCUT2D eigenvalue weighted by atomic mass is 9.94. The molecule has 4 aromatic rings. The highest BCUT2D eigenvalue weighted by Crippen LogP contribution is 2.36. The average molecular weight is 334 g/mol. The van der Waals surface area contributed by atoms with Gasteiger partial charge in [0.05, 0.1) is 0 Å². The molecule has 0 radical (unpaired) electrons. The molecule has 0 unspecified atom stereocenters. The predicted octanol–water partition coefficient (Wildman–Crippen LogP) is 7.40. The first-order valence-electron chi connectivity index (χ1n) is 9.56. The number of allylic oxidation sites excluding steroid dienone is 1. The lowest BCUT2D eigenvalue weighted by Gasteiger charge is -2.10. The lowest BCUT2D eigenvalue weighted by Crippen LogP contribution is -1.88. The zero-order valence-corrected chi connectivity index (χ0v) is 15.1. The van der Waals surface area contributed by atoms with E-state index in [4.69, 9.17) is 0 Å². The second kappa shape index (κ2) is 6.14. The molecule has 1 aliphatic carbocycles. The van der Waals surface area contributed by atoms with Crippen molar-refractivity contribution in [2.75, 3.05) is 0 Å². The van der Waals surface area contributed by atoms with Crippen LogP contribution in [0.4, 0.5) is 0 Å². The summed E-state index contributed by atoms with van der Waals surface area (Å²) in [5.41, 5.74) is 7.16. The van der Waals surface area contributed by atoms with Crippen LogP contribution in [0.15, 0.2) is 78.4 Å². The number of benzene rings is 4. The molecule has 0 spiro atoms. The fourth-order valence-corrected chi connectivity index (χ4v) is 4.28. The van der Waals surface area contributed by atoms with Crippen LogP contribution >= 0.6 is 0 Å². The molecule has 0 heterocycles. The molecule has 0 saturated heterocycles. The van der Waals surface area contributed by atoms with Crippen LogP contribution in [-0.2, 0) is 6.42 Å². The fourth-order valence-electron chi connectivity index (χ4n) is 4.28. The number of hydrogen-bond donors (Lipinski definition) is 0. The summed E-state index contributed by atoms with van der Waals surface area (Å²) < 4.78 is 0. The van der Waals surface area contributed by atoms with Crippen molar-refractivity contribution in [3.63, 3.8) is 0 Å². The van der Waals surface area contributed by atoms with Crippen molar-refractivity contribution in [3.05, 3.63) is 89.5 Å². The van der Waals surface area contributed by atoms with Gasteiger partial charge in [0.1, 0.15) is 0 Å². The lowest BCUT2D eigenvalue weighted by molar-refractivity contribution is 0.886. The molecule has 0 amide bonds. The molecule has 0 N–H and O–H groups in total. The summed E-state index contributed by atoms with van der Waals surface area (Å²) in [6.45, 7) is 2.26. The van der Waals surface area contributed by atoms with Gasteiger partial charge < -0.3 is 0 Å². The minimum atomic E-state index is 1.12. The third kappa shape index (κ3) is 2.54. The number of fused-ring (bicyclic) bond motifs is 3. The van der Waals surface area contributed by atoms with Crippen LogP contribution in [0.3, 0.4) is 0 Å². The fraction of sp³-hybridized carbons (Fsp3) is 0.154. The van der Waals surface area contributed by atoms with Gasteiger partial charge in [-0.25, -0.2) is 0 Å². The van der Waals surface area contributed by atoms with E-state index in [-0.39, 0.29) is 0 Å². The third-order valence-corrected chi connectivity index (χ3v) is 5.55. The van der Waals surface area contributed by atoms with Gasteiger partial charge in [0.2, 0.25) is 0 Å². The van der Waals surface area contributed by atoms with E-state index in [0.29, 0.717) is 0 Å². The van der Waals surface area contributed by atoms with Crippen molar-refractivity contribution in [3.8, 4) is 11.1 Å². The first-order valence-corrected chi connectivity index (χ1v) is 9.56. The van der Waals surface area contributed by atoms with Gasteiger partial charge in [-0.15, -0.1) is 0 Å². The Kier molecular flexibility index (Phi) is 3.64. The smallest absolute Gasteiger partial charge is 0.00576 e. The first kappa shape index (κ1) is 15.4. The zero-order valence-electron chi connectivity index (χ0n) is 15.1. The van der Waals surface area contributed by atoms with Crippen LogP contribution in [0.5, 0.6) is 0 Å². The average Bonchev–Trinajstić information content (AvgIpc) is 3.09. The summed E-state index contributed by atoms with van der Waals surface area (Å²) >= 11 is 0. The van der Waals surface area contributed by atoms with Crippen molar-refractivity contribution in [2.45, 2.75) is 26.2 Å². The van der Waals surface area contributed by atoms with E-state index in [1.54, 1.807) is 5.57 Å². The van der Waals surface area contributed by atoms with Crippen molar-refractivity contribution < 1.29 is 0 Å². The van der Waals surface area contributed by atoms with E-state index in [1.165, 1.54) is 56.6 Å². The summed E-state index contributed by atoms with van der Waals surface area (Å²) in [6, 6.07) is 26.9. The van der Waals surface area contributed by atoms with Crippen LogP contribution < -0.4 is 0 Å². The Morgan fingerprint density at radius 1 is 0.731 bits per heavy atom. The van der Waals surface area contributed by atoms with Gasteiger partial charge in [-0.05, 0) is 74.8 Å². The predicted molar refractivity (Wildman–Crippen MR) is 113 cm³/mol. The molecule has 5 rings (SSSR count). The highest BCUT2D eigenvalue weighted by molar-refractivity contribution is 6.00. The van der Waals surface area contributed by atoms with Gasteiger partial charge in [-0.3, -0.25) is 0 Å². The van der Waals surface area contributed by atoms with Gasteiger partial charge in [0, 0.05) is 0 Å². The topological polar surface area (TPSA) is 0 Å². The molecule has 0 fully saturated rings. The largest absolute Gasteiger partial charge is 0.0652 e.